The van der Waals surface area contributed by atoms with Gasteiger partial charge in [-0.2, -0.15) is 5.10 Å². The van der Waals surface area contributed by atoms with Crippen molar-refractivity contribution >= 4 is 40.1 Å². The van der Waals surface area contributed by atoms with Gasteiger partial charge in [0.25, 0.3) is 0 Å². The van der Waals surface area contributed by atoms with E-state index in [1.54, 1.807) is 18.5 Å². The number of fused-ring (bicyclic) bond motifs is 4. The average molecular weight is 397 g/mol. The topological polar surface area (TPSA) is 76.7 Å². The largest absolute Gasteiger partial charge is 0.483 e. The Kier molecular flexibility index (Phi) is 4.13. The molecule has 2 aromatic heterocycles. The molecule has 0 saturated carbocycles. The highest BCUT2D eigenvalue weighted by Crippen LogP contribution is 2.37. The maximum Gasteiger partial charge on any atom is 0.307 e. The van der Waals surface area contributed by atoms with Gasteiger partial charge >= 0.3 is 5.91 Å². The van der Waals surface area contributed by atoms with Crippen LogP contribution in [0.3, 0.4) is 0 Å². The van der Waals surface area contributed by atoms with E-state index in [1.165, 1.54) is 0 Å². The van der Waals surface area contributed by atoms with Gasteiger partial charge < -0.3 is 9.15 Å². The predicted molar refractivity (Wildman–Crippen MR) is 117 cm³/mol. The van der Waals surface area contributed by atoms with E-state index >= 15 is 0 Å². The molecule has 0 spiro atoms. The number of hydrogen-bond acceptors (Lipinski definition) is 5. The first-order valence-corrected chi connectivity index (χ1v) is 9.62. The summed E-state index contributed by atoms with van der Waals surface area (Å²) >= 11 is 0. The molecule has 148 valence electrons. The number of carbonyl (C=O) groups excluding carboxylic acids is 1. The van der Waals surface area contributed by atoms with Gasteiger partial charge in [0.15, 0.2) is 5.76 Å². The molecular weight excluding hydrogens is 378 g/mol. The van der Waals surface area contributed by atoms with E-state index in [9.17, 15) is 4.79 Å². The molecule has 4 aromatic rings. The Hall–Kier alpha value is -3.93. The summed E-state index contributed by atoms with van der Waals surface area (Å²) in [6.07, 6.45) is 7.20. The zero-order valence-corrected chi connectivity index (χ0v) is 16.5. The van der Waals surface area contributed by atoms with Gasteiger partial charge in [0.05, 0.1) is 17.3 Å². The minimum absolute atomic E-state index is 0.186. The zero-order valence-electron chi connectivity index (χ0n) is 16.5. The lowest BCUT2D eigenvalue weighted by molar-refractivity contribution is 0.0929. The third-order valence-electron chi connectivity index (χ3n) is 4.92. The van der Waals surface area contributed by atoms with Crippen LogP contribution in [0.15, 0.2) is 70.3 Å². The Morgan fingerprint density at radius 3 is 2.90 bits per heavy atom. The lowest BCUT2D eigenvalue weighted by Crippen LogP contribution is -2.27. The number of carbonyl (C=O) groups is 1. The van der Waals surface area contributed by atoms with Crippen LogP contribution in [0, 0.1) is 0 Å². The molecule has 0 fully saturated rings. The summed E-state index contributed by atoms with van der Waals surface area (Å²) < 4.78 is 11.8. The third-order valence-corrected chi connectivity index (χ3v) is 4.92. The van der Waals surface area contributed by atoms with Crippen molar-refractivity contribution in [1.29, 1.82) is 0 Å². The second kappa shape index (κ2) is 6.84. The number of nitrogens with one attached hydrogen (secondary N) is 1. The highest BCUT2D eigenvalue weighted by Gasteiger charge is 2.24. The van der Waals surface area contributed by atoms with Gasteiger partial charge in [-0.05, 0) is 56.3 Å². The van der Waals surface area contributed by atoms with E-state index in [2.05, 4.69) is 15.5 Å². The number of para-hydroxylation sites is 1. The second-order valence-electron chi connectivity index (χ2n) is 7.71. The summed E-state index contributed by atoms with van der Waals surface area (Å²) in [6, 6.07) is 15.3. The number of furan rings is 1. The maximum absolute atomic E-state index is 12.5. The number of ether oxygens (including phenoxy) is 1. The molecule has 6 nitrogen and oxygen atoms in total. The number of nitrogens with zero attached hydrogens (tertiary/aromatic N) is 2. The summed E-state index contributed by atoms with van der Waals surface area (Å²) in [5, 5.41) is 5.87. The molecule has 0 saturated heterocycles. The molecule has 0 atom stereocenters. The van der Waals surface area contributed by atoms with E-state index in [4.69, 9.17) is 9.15 Å². The molecule has 1 aliphatic heterocycles. The van der Waals surface area contributed by atoms with Crippen molar-refractivity contribution < 1.29 is 13.9 Å². The van der Waals surface area contributed by atoms with Gasteiger partial charge in [0, 0.05) is 22.5 Å². The summed E-state index contributed by atoms with van der Waals surface area (Å²) in [4.78, 5) is 16.9. The summed E-state index contributed by atoms with van der Waals surface area (Å²) in [6.45, 7) is 3.97. The van der Waals surface area contributed by atoms with Crippen molar-refractivity contribution in [3.05, 3.63) is 77.7 Å². The first kappa shape index (κ1) is 18.1. The van der Waals surface area contributed by atoms with Crippen molar-refractivity contribution in [1.82, 2.24) is 10.4 Å². The van der Waals surface area contributed by atoms with Crippen LogP contribution in [0.25, 0.3) is 27.9 Å². The predicted octanol–water partition coefficient (Wildman–Crippen LogP) is 4.93. The summed E-state index contributed by atoms with van der Waals surface area (Å²) in [5.41, 5.74) is 5.28. The van der Waals surface area contributed by atoms with Crippen molar-refractivity contribution in [2.45, 2.75) is 19.4 Å². The SMILES string of the molecule is CC1(C)C=Cc2c(ccc3cc(C(=O)N/N=C/c4cnc5ccccc5c4)oc23)O1. The normalized spacial score (nSPS) is 14.7. The smallest absolute Gasteiger partial charge is 0.307 e. The number of rotatable bonds is 3. The van der Waals surface area contributed by atoms with E-state index in [0.29, 0.717) is 5.58 Å². The second-order valence-corrected chi connectivity index (χ2v) is 7.71. The Morgan fingerprint density at radius 2 is 2.00 bits per heavy atom. The fourth-order valence-corrected chi connectivity index (χ4v) is 3.45. The molecule has 3 heterocycles. The van der Waals surface area contributed by atoms with Crippen LogP contribution in [0.1, 0.15) is 35.5 Å². The van der Waals surface area contributed by atoms with Crippen LogP contribution in [0.4, 0.5) is 0 Å². The molecule has 1 N–H and O–H groups in total. The number of aromatic nitrogens is 1. The van der Waals surface area contributed by atoms with Crippen LogP contribution in [0.5, 0.6) is 5.75 Å². The number of hydrazone groups is 1. The quantitative estimate of drug-likeness (QED) is 0.393. The van der Waals surface area contributed by atoms with E-state index in [0.717, 1.165) is 33.2 Å². The Bertz CT molecular complexity index is 1350. The van der Waals surface area contributed by atoms with Gasteiger partial charge in [-0.3, -0.25) is 9.78 Å². The lowest BCUT2D eigenvalue weighted by Gasteiger charge is -2.27. The first-order valence-electron chi connectivity index (χ1n) is 9.62. The van der Waals surface area contributed by atoms with Crippen molar-refractivity contribution in [2.75, 3.05) is 0 Å². The molecule has 30 heavy (non-hydrogen) atoms. The number of pyridine rings is 1. The maximum atomic E-state index is 12.5. The molecule has 0 bridgehead atoms. The van der Waals surface area contributed by atoms with Crippen molar-refractivity contribution in [3.63, 3.8) is 0 Å². The van der Waals surface area contributed by atoms with Crippen LogP contribution in [0.2, 0.25) is 0 Å². The molecule has 0 aliphatic carbocycles. The fraction of sp³-hybridized carbons (Fsp3) is 0.125. The van der Waals surface area contributed by atoms with Gasteiger partial charge in [0.1, 0.15) is 16.9 Å². The van der Waals surface area contributed by atoms with Gasteiger partial charge in [-0.15, -0.1) is 0 Å². The molecule has 0 radical (unpaired) electrons. The molecule has 6 heteroatoms. The Balaban J connectivity index is 1.36. The van der Waals surface area contributed by atoms with Crippen LogP contribution < -0.4 is 10.2 Å². The average Bonchev–Trinajstić information content (AvgIpc) is 3.17. The molecule has 1 aliphatic rings. The summed E-state index contributed by atoms with van der Waals surface area (Å²) in [7, 11) is 0. The van der Waals surface area contributed by atoms with Gasteiger partial charge in [-0.25, -0.2) is 5.43 Å². The van der Waals surface area contributed by atoms with Crippen molar-refractivity contribution in [3.8, 4) is 5.75 Å². The van der Waals surface area contributed by atoms with E-state index < -0.39 is 5.91 Å². The minimum atomic E-state index is -0.425. The zero-order chi connectivity index (χ0) is 20.7. The molecule has 5 rings (SSSR count). The van der Waals surface area contributed by atoms with Gasteiger partial charge in [-0.1, -0.05) is 18.2 Å². The van der Waals surface area contributed by atoms with E-state index in [-0.39, 0.29) is 11.4 Å². The lowest BCUT2D eigenvalue weighted by atomic mass is 10.0. The minimum Gasteiger partial charge on any atom is -0.483 e. The monoisotopic (exact) mass is 397 g/mol. The molecule has 1 amide bonds. The third kappa shape index (κ3) is 3.33. The van der Waals surface area contributed by atoms with E-state index in [1.807, 2.05) is 68.5 Å². The molecular formula is C24H19N3O3. The highest BCUT2D eigenvalue weighted by molar-refractivity contribution is 5.99. The highest BCUT2D eigenvalue weighted by atomic mass is 16.5. The number of benzene rings is 2. The number of amides is 1. The Labute approximate surface area is 172 Å². The fourth-order valence-electron chi connectivity index (χ4n) is 3.45. The Morgan fingerprint density at radius 1 is 1.13 bits per heavy atom. The van der Waals surface area contributed by atoms with Crippen molar-refractivity contribution in [2.24, 2.45) is 5.10 Å². The molecule has 2 aromatic carbocycles. The molecule has 0 unspecified atom stereocenters. The van der Waals surface area contributed by atoms with Gasteiger partial charge in [0.2, 0.25) is 0 Å². The summed E-state index contributed by atoms with van der Waals surface area (Å²) in [5.74, 6) is 0.495. The number of hydrogen-bond donors (Lipinski definition) is 1. The van der Waals surface area contributed by atoms with Crippen LogP contribution >= 0.6 is 0 Å². The van der Waals surface area contributed by atoms with Crippen LogP contribution in [-0.2, 0) is 0 Å². The van der Waals surface area contributed by atoms with Crippen LogP contribution in [-0.4, -0.2) is 22.7 Å². The first-order chi connectivity index (χ1) is 14.5. The standard InChI is InChI=1S/C24H19N3O3/c1-24(2)10-9-18-20(30-24)8-7-17-12-21(29-22(17)18)23(28)27-26-14-15-11-16-5-3-4-6-19(16)25-13-15/h3-14H,1-2H3,(H,27,28)/b26-14+.